The van der Waals surface area contributed by atoms with Crippen molar-refractivity contribution in [1.29, 1.82) is 0 Å². The number of carbonyl (C=O) groups excluding carboxylic acids is 1. The number of anilines is 1. The number of hydrogen-bond donors (Lipinski definition) is 0. The summed E-state index contributed by atoms with van der Waals surface area (Å²) in [7, 11) is 0. The van der Waals surface area contributed by atoms with Crippen molar-refractivity contribution in [2.75, 3.05) is 31.1 Å². The molecule has 0 saturated carbocycles. The van der Waals surface area contributed by atoms with Crippen LogP contribution in [0.4, 0.5) is 5.82 Å². The van der Waals surface area contributed by atoms with Gasteiger partial charge in [-0.25, -0.2) is 15.0 Å². The molecule has 0 aliphatic carbocycles. The normalized spacial score (nSPS) is 14.4. The average molecular weight is 417 g/mol. The Morgan fingerprint density at radius 2 is 1.75 bits per heavy atom. The number of aromatic nitrogens is 4. The van der Waals surface area contributed by atoms with Gasteiger partial charge in [-0.05, 0) is 25.1 Å². The minimum Gasteiger partial charge on any atom is -0.353 e. The van der Waals surface area contributed by atoms with Crippen LogP contribution < -0.4 is 4.90 Å². The molecule has 3 aromatic rings. The number of amides is 1. The minimum atomic E-state index is -0.107. The summed E-state index contributed by atoms with van der Waals surface area (Å²) in [6.45, 7) is 4.41. The van der Waals surface area contributed by atoms with E-state index in [9.17, 15) is 4.79 Å². The number of carbonyl (C=O) groups is 1. The molecule has 144 valence electrons. The van der Waals surface area contributed by atoms with Crippen molar-refractivity contribution in [2.24, 2.45) is 0 Å². The van der Waals surface area contributed by atoms with Crippen LogP contribution in [-0.2, 0) is 0 Å². The summed E-state index contributed by atoms with van der Waals surface area (Å²) in [5, 5.41) is 0.905. The third-order valence-corrected chi connectivity index (χ3v) is 5.33. The van der Waals surface area contributed by atoms with Gasteiger partial charge in [0, 0.05) is 49.7 Å². The molecule has 1 amide bonds. The maximum absolute atomic E-state index is 12.8. The Bertz CT molecular complexity index is 1010. The van der Waals surface area contributed by atoms with Gasteiger partial charge in [0.25, 0.3) is 5.91 Å². The number of aryl methyl sites for hydroxylation is 1. The first kappa shape index (κ1) is 18.7. The summed E-state index contributed by atoms with van der Waals surface area (Å²) in [4.78, 5) is 29.7. The molecule has 3 heterocycles. The van der Waals surface area contributed by atoms with Crippen LogP contribution in [-0.4, -0.2) is 56.5 Å². The van der Waals surface area contributed by atoms with Crippen LogP contribution in [0.15, 0.2) is 43.0 Å². The van der Waals surface area contributed by atoms with Gasteiger partial charge in [0.2, 0.25) is 0 Å². The van der Waals surface area contributed by atoms with Gasteiger partial charge in [0.05, 0.1) is 10.6 Å². The number of halogens is 2. The minimum absolute atomic E-state index is 0.107. The Hall–Kier alpha value is -2.64. The lowest BCUT2D eigenvalue weighted by Gasteiger charge is -2.35. The molecule has 1 aliphatic heterocycles. The third-order valence-electron chi connectivity index (χ3n) is 4.76. The second-order valence-corrected chi connectivity index (χ2v) is 7.33. The van der Waals surface area contributed by atoms with Gasteiger partial charge in [-0.15, -0.1) is 0 Å². The van der Waals surface area contributed by atoms with Crippen molar-refractivity contribution in [3.8, 4) is 5.82 Å². The molecule has 1 fully saturated rings. The fourth-order valence-corrected chi connectivity index (χ4v) is 3.60. The van der Waals surface area contributed by atoms with Crippen LogP contribution in [0.5, 0.6) is 0 Å². The fraction of sp³-hybridized carbons (Fsp3) is 0.263. The summed E-state index contributed by atoms with van der Waals surface area (Å²) < 4.78 is 1.91. The van der Waals surface area contributed by atoms with Gasteiger partial charge in [-0.1, -0.05) is 23.2 Å². The molecule has 1 aromatic carbocycles. The highest BCUT2D eigenvalue weighted by Gasteiger charge is 2.24. The van der Waals surface area contributed by atoms with Crippen molar-refractivity contribution in [3.63, 3.8) is 0 Å². The molecule has 1 aliphatic rings. The Kier molecular flexibility index (Phi) is 5.19. The molecule has 7 nitrogen and oxygen atoms in total. The number of rotatable bonds is 3. The van der Waals surface area contributed by atoms with E-state index in [1.54, 1.807) is 35.6 Å². The van der Waals surface area contributed by atoms with Crippen LogP contribution in [0.3, 0.4) is 0 Å². The average Bonchev–Trinajstić information content (AvgIpc) is 3.15. The molecule has 28 heavy (non-hydrogen) atoms. The van der Waals surface area contributed by atoms with Gasteiger partial charge in [0.1, 0.15) is 23.8 Å². The Morgan fingerprint density at radius 1 is 1.00 bits per heavy atom. The molecule has 9 heteroatoms. The number of imidazole rings is 1. The molecule has 0 spiro atoms. The van der Waals surface area contributed by atoms with Gasteiger partial charge in [-0.2, -0.15) is 0 Å². The van der Waals surface area contributed by atoms with E-state index in [0.29, 0.717) is 41.8 Å². The van der Waals surface area contributed by atoms with Gasteiger partial charge < -0.3 is 9.80 Å². The fourth-order valence-electron chi connectivity index (χ4n) is 3.23. The molecular weight excluding hydrogens is 399 g/mol. The highest BCUT2D eigenvalue weighted by atomic mass is 35.5. The monoisotopic (exact) mass is 416 g/mol. The first-order valence-corrected chi connectivity index (χ1v) is 9.60. The highest BCUT2D eigenvalue weighted by Crippen LogP contribution is 2.23. The largest absolute Gasteiger partial charge is 0.353 e. The maximum Gasteiger partial charge on any atom is 0.255 e. The quantitative estimate of drug-likeness (QED) is 0.655. The number of nitrogens with zero attached hydrogens (tertiary/aromatic N) is 6. The lowest BCUT2D eigenvalue weighted by Crippen LogP contribution is -2.49. The van der Waals surface area contributed by atoms with E-state index in [-0.39, 0.29) is 5.91 Å². The van der Waals surface area contributed by atoms with Gasteiger partial charge >= 0.3 is 0 Å². The van der Waals surface area contributed by atoms with Crippen molar-refractivity contribution < 1.29 is 4.79 Å². The Balaban J connectivity index is 1.47. The summed E-state index contributed by atoms with van der Waals surface area (Å²) in [6.07, 6.45) is 5.16. The van der Waals surface area contributed by atoms with E-state index >= 15 is 0 Å². The molecule has 0 bridgehead atoms. The Labute approximate surface area is 172 Å². The topological polar surface area (TPSA) is 67.2 Å². The maximum atomic E-state index is 12.8. The molecule has 4 rings (SSSR count). The van der Waals surface area contributed by atoms with Crippen molar-refractivity contribution >= 4 is 34.9 Å². The molecule has 0 N–H and O–H groups in total. The molecule has 0 radical (unpaired) electrons. The van der Waals surface area contributed by atoms with E-state index < -0.39 is 0 Å². The van der Waals surface area contributed by atoms with Gasteiger partial charge in [0.15, 0.2) is 0 Å². The number of piperazine rings is 1. The number of hydrogen-bond acceptors (Lipinski definition) is 5. The second-order valence-electron chi connectivity index (χ2n) is 6.48. The third kappa shape index (κ3) is 3.68. The predicted octanol–water partition coefficient (Wildman–Crippen LogP) is 3.24. The van der Waals surface area contributed by atoms with Crippen LogP contribution in [0.25, 0.3) is 5.82 Å². The van der Waals surface area contributed by atoms with E-state index in [4.69, 9.17) is 23.2 Å². The van der Waals surface area contributed by atoms with Crippen molar-refractivity contribution in [3.05, 3.63) is 64.4 Å². The molecule has 0 unspecified atom stereocenters. The summed E-state index contributed by atoms with van der Waals surface area (Å²) in [5.41, 5.74) is 0.433. The lowest BCUT2D eigenvalue weighted by molar-refractivity contribution is 0.0746. The van der Waals surface area contributed by atoms with E-state index in [2.05, 4.69) is 19.9 Å². The molecule has 2 aromatic heterocycles. The highest BCUT2D eigenvalue weighted by molar-refractivity contribution is 6.35. The van der Waals surface area contributed by atoms with E-state index in [1.165, 1.54) is 0 Å². The second kappa shape index (κ2) is 7.77. The zero-order valence-electron chi connectivity index (χ0n) is 15.2. The van der Waals surface area contributed by atoms with Crippen LogP contribution in [0.2, 0.25) is 10.0 Å². The first-order valence-electron chi connectivity index (χ1n) is 8.84. The molecule has 0 atom stereocenters. The first-order chi connectivity index (χ1) is 13.5. The van der Waals surface area contributed by atoms with Crippen LogP contribution >= 0.6 is 23.2 Å². The van der Waals surface area contributed by atoms with Gasteiger partial charge in [-0.3, -0.25) is 9.36 Å². The SMILES string of the molecule is Cc1nccn1-c1cc(N2CCN(C(=O)c3cc(Cl)ccc3Cl)CC2)ncn1. The van der Waals surface area contributed by atoms with Crippen LogP contribution in [0, 0.1) is 6.92 Å². The standard InChI is InChI=1S/C19H18Cl2N6O/c1-13-22-4-5-27(13)18-11-17(23-12-24-18)25-6-8-26(9-7-25)19(28)15-10-14(20)2-3-16(15)21/h2-5,10-12H,6-9H2,1H3. The zero-order chi connectivity index (χ0) is 19.7. The van der Waals surface area contributed by atoms with E-state index in [1.807, 2.05) is 23.8 Å². The summed E-state index contributed by atoms with van der Waals surface area (Å²) in [5.74, 6) is 2.35. The lowest BCUT2D eigenvalue weighted by atomic mass is 10.1. The summed E-state index contributed by atoms with van der Waals surface area (Å²) >= 11 is 12.2. The molecular formula is C19H18Cl2N6O. The predicted molar refractivity (Wildman–Crippen MR) is 108 cm³/mol. The van der Waals surface area contributed by atoms with Crippen molar-refractivity contribution in [2.45, 2.75) is 6.92 Å². The zero-order valence-corrected chi connectivity index (χ0v) is 16.7. The van der Waals surface area contributed by atoms with E-state index in [0.717, 1.165) is 17.5 Å². The molecule has 1 saturated heterocycles. The Morgan fingerprint density at radius 3 is 2.46 bits per heavy atom. The smallest absolute Gasteiger partial charge is 0.255 e. The number of benzene rings is 1. The van der Waals surface area contributed by atoms with Crippen LogP contribution in [0.1, 0.15) is 16.2 Å². The van der Waals surface area contributed by atoms with Crippen molar-refractivity contribution in [1.82, 2.24) is 24.4 Å². The summed E-state index contributed by atoms with van der Waals surface area (Å²) in [6, 6.07) is 6.86.